The molecular formula is C32H38N4O9S. The van der Waals surface area contributed by atoms with Crippen LogP contribution in [0, 0.1) is 6.92 Å². The average molecular weight is 655 g/mol. The van der Waals surface area contributed by atoms with Crippen LogP contribution in [0.4, 0.5) is 21.9 Å². The fourth-order valence-electron chi connectivity index (χ4n) is 4.31. The molecule has 0 radical (unpaired) electrons. The summed E-state index contributed by atoms with van der Waals surface area (Å²) in [7, 11) is -1.00. The second-order valence-electron chi connectivity index (χ2n) is 10.3. The van der Waals surface area contributed by atoms with Crippen molar-refractivity contribution in [2.75, 3.05) is 56.2 Å². The molecule has 0 unspecified atom stereocenters. The molecule has 0 aliphatic heterocycles. The van der Waals surface area contributed by atoms with Gasteiger partial charge in [0, 0.05) is 24.7 Å². The van der Waals surface area contributed by atoms with Gasteiger partial charge in [0.25, 0.3) is 0 Å². The minimum Gasteiger partial charge on any atom is -0.469 e. The lowest BCUT2D eigenvalue weighted by Crippen LogP contribution is -2.33. The van der Waals surface area contributed by atoms with E-state index in [1.54, 1.807) is 42.5 Å². The van der Waals surface area contributed by atoms with Gasteiger partial charge in [-0.1, -0.05) is 36.4 Å². The highest BCUT2D eigenvalue weighted by Crippen LogP contribution is 2.25. The molecule has 4 amide bonds. The van der Waals surface area contributed by atoms with Crippen molar-refractivity contribution in [1.29, 1.82) is 0 Å². The van der Waals surface area contributed by atoms with Crippen molar-refractivity contribution in [2.45, 2.75) is 30.7 Å². The third-order valence-electron chi connectivity index (χ3n) is 6.65. The van der Waals surface area contributed by atoms with Crippen molar-refractivity contribution < 1.29 is 41.8 Å². The zero-order valence-electron chi connectivity index (χ0n) is 26.0. The summed E-state index contributed by atoms with van der Waals surface area (Å²) in [6.45, 7) is 2.19. The van der Waals surface area contributed by atoms with Gasteiger partial charge in [-0.2, -0.15) is 0 Å². The summed E-state index contributed by atoms with van der Waals surface area (Å²) >= 11 is 0. The molecule has 4 N–H and O–H groups in total. The first-order valence-corrected chi connectivity index (χ1v) is 16.1. The largest absolute Gasteiger partial charge is 0.469 e. The third-order valence-corrected chi connectivity index (χ3v) is 7.78. The fraction of sp³-hybridized carbons (Fsp3) is 0.312. The molecule has 0 bridgehead atoms. The van der Waals surface area contributed by atoms with Crippen LogP contribution in [0.3, 0.4) is 0 Å². The molecule has 0 fully saturated rings. The average Bonchev–Trinajstić information content (AvgIpc) is 3.00. The van der Waals surface area contributed by atoms with E-state index in [1.807, 2.05) is 19.1 Å². The Morgan fingerprint density at radius 3 is 2.17 bits per heavy atom. The molecule has 0 spiro atoms. The Labute approximate surface area is 267 Å². The van der Waals surface area contributed by atoms with Crippen LogP contribution < -0.4 is 21.3 Å². The summed E-state index contributed by atoms with van der Waals surface area (Å²) in [6, 6.07) is 16.7. The third kappa shape index (κ3) is 11.3. The Morgan fingerprint density at radius 1 is 0.826 bits per heavy atom. The van der Waals surface area contributed by atoms with Crippen LogP contribution in [0.15, 0.2) is 71.6 Å². The van der Waals surface area contributed by atoms with Crippen LogP contribution in [-0.4, -0.2) is 72.5 Å². The highest BCUT2D eigenvalue weighted by atomic mass is 32.2. The number of benzene rings is 3. The van der Waals surface area contributed by atoms with Crippen molar-refractivity contribution in [2.24, 2.45) is 0 Å². The number of para-hydroxylation sites is 1. The van der Waals surface area contributed by atoms with E-state index in [1.165, 1.54) is 26.4 Å². The van der Waals surface area contributed by atoms with Crippen LogP contribution in [-0.2, 0) is 44.9 Å². The van der Waals surface area contributed by atoms with Crippen LogP contribution >= 0.6 is 0 Å². The van der Waals surface area contributed by atoms with Crippen LogP contribution in [0.25, 0.3) is 0 Å². The van der Waals surface area contributed by atoms with Crippen molar-refractivity contribution >= 4 is 50.7 Å². The highest BCUT2D eigenvalue weighted by molar-refractivity contribution is 7.90. The minimum absolute atomic E-state index is 0.0727. The maximum absolute atomic E-state index is 12.9. The lowest BCUT2D eigenvalue weighted by atomic mass is 10.0. The van der Waals surface area contributed by atoms with E-state index in [0.29, 0.717) is 29.1 Å². The van der Waals surface area contributed by atoms with E-state index >= 15 is 0 Å². The number of anilines is 3. The second kappa shape index (κ2) is 17.1. The summed E-state index contributed by atoms with van der Waals surface area (Å²) < 4.78 is 40.0. The van der Waals surface area contributed by atoms with Gasteiger partial charge < -0.3 is 35.5 Å². The smallest absolute Gasteiger partial charge is 0.323 e. The first-order valence-electron chi connectivity index (χ1n) is 14.2. The lowest BCUT2D eigenvalue weighted by molar-refractivity contribution is -0.141. The number of carbonyl (C=O) groups excluding carboxylic acids is 4. The number of aryl methyl sites for hydroxylation is 1. The van der Waals surface area contributed by atoms with E-state index in [0.717, 1.165) is 11.8 Å². The van der Waals surface area contributed by atoms with E-state index in [4.69, 9.17) is 14.2 Å². The van der Waals surface area contributed by atoms with Crippen molar-refractivity contribution in [3.63, 3.8) is 0 Å². The number of ether oxygens (including phenoxy) is 3. The molecular weight excluding hydrogens is 616 g/mol. The van der Waals surface area contributed by atoms with Gasteiger partial charge in [-0.15, -0.1) is 0 Å². The monoisotopic (exact) mass is 654 g/mol. The summed E-state index contributed by atoms with van der Waals surface area (Å²) in [6.07, 6.45) is 0.750. The molecule has 46 heavy (non-hydrogen) atoms. The fourth-order valence-corrected chi connectivity index (χ4v) is 5.19. The van der Waals surface area contributed by atoms with Gasteiger partial charge in [0.05, 0.1) is 49.8 Å². The second-order valence-corrected chi connectivity index (χ2v) is 12.3. The van der Waals surface area contributed by atoms with Crippen molar-refractivity contribution in [3.8, 4) is 0 Å². The predicted octanol–water partition coefficient (Wildman–Crippen LogP) is 3.61. The van der Waals surface area contributed by atoms with Gasteiger partial charge >= 0.3 is 12.0 Å². The molecule has 14 heteroatoms. The molecule has 0 heterocycles. The number of esters is 1. The Bertz CT molecular complexity index is 1640. The molecule has 3 aromatic carbocycles. The Kier molecular flexibility index (Phi) is 13.2. The zero-order chi connectivity index (χ0) is 33.7. The number of hydrogen-bond acceptors (Lipinski definition) is 9. The summed E-state index contributed by atoms with van der Waals surface area (Å²) in [5.74, 6) is -1.37. The number of methoxy groups -OCH3 is 2. The van der Waals surface area contributed by atoms with Crippen LogP contribution in [0.2, 0.25) is 0 Å². The molecule has 13 nitrogen and oxygen atoms in total. The number of amides is 4. The summed E-state index contributed by atoms with van der Waals surface area (Å²) in [4.78, 5) is 49.6. The predicted molar refractivity (Wildman–Crippen MR) is 172 cm³/mol. The van der Waals surface area contributed by atoms with Gasteiger partial charge in [-0.25, -0.2) is 13.2 Å². The normalized spacial score (nSPS) is 11.7. The molecule has 246 valence electrons. The first kappa shape index (κ1) is 35.7. The number of hydrogen-bond donors (Lipinski definition) is 4. The van der Waals surface area contributed by atoms with E-state index in [2.05, 4.69) is 21.3 Å². The number of sulfone groups is 1. The van der Waals surface area contributed by atoms with Gasteiger partial charge in [0.15, 0.2) is 9.84 Å². The number of carbonyl (C=O) groups is 4. The van der Waals surface area contributed by atoms with Crippen molar-refractivity contribution in [3.05, 3.63) is 83.4 Å². The van der Waals surface area contributed by atoms with E-state index in [-0.39, 0.29) is 36.6 Å². The van der Waals surface area contributed by atoms with Crippen LogP contribution in [0.1, 0.15) is 29.2 Å². The number of rotatable bonds is 15. The minimum atomic E-state index is -3.77. The summed E-state index contributed by atoms with van der Waals surface area (Å²) in [5.41, 5.74) is 2.94. The molecule has 3 rings (SSSR count). The lowest BCUT2D eigenvalue weighted by Gasteiger charge is -2.19. The molecule has 0 saturated heterocycles. The maximum Gasteiger partial charge on any atom is 0.323 e. The Hall–Kier alpha value is -4.79. The zero-order valence-corrected chi connectivity index (χ0v) is 26.9. The van der Waals surface area contributed by atoms with E-state index < -0.39 is 39.7 Å². The molecule has 0 aromatic heterocycles. The molecule has 0 aliphatic carbocycles. The Balaban J connectivity index is 1.66. The maximum atomic E-state index is 12.9. The van der Waals surface area contributed by atoms with Gasteiger partial charge in [-0.3, -0.25) is 14.4 Å². The SMILES string of the molecule is COCCOCC(=O)N[C@H](CC(=O)OC)c1ccc(NC(=O)Cc2ccc(NC(=O)Nc3ccccc3C)c(S(C)(=O)=O)c2)cc1. The Morgan fingerprint density at radius 2 is 1.52 bits per heavy atom. The summed E-state index contributed by atoms with van der Waals surface area (Å²) in [5, 5.41) is 10.8. The number of nitrogens with one attached hydrogen (secondary N) is 4. The molecule has 0 saturated carbocycles. The van der Waals surface area contributed by atoms with E-state index in [9.17, 15) is 27.6 Å². The standard InChI is InChI=1S/C32H38N4O9S/c1-21-7-5-6-8-25(21)35-32(40)36-26-14-9-22(17-28(26)46(4,41)42)18-29(37)33-24-12-10-23(11-13-24)27(19-31(39)44-3)34-30(38)20-45-16-15-43-2/h5-14,17,27H,15-16,18-20H2,1-4H3,(H,33,37)(H,34,38)(H2,35,36,40)/t27-/m1/s1. The number of urea groups is 1. The highest BCUT2D eigenvalue weighted by Gasteiger charge is 2.20. The first-order chi connectivity index (χ1) is 21.9. The topological polar surface area (TPSA) is 178 Å². The van der Waals surface area contributed by atoms with Crippen molar-refractivity contribution in [1.82, 2.24) is 5.32 Å². The molecule has 3 aromatic rings. The van der Waals surface area contributed by atoms with Crippen LogP contribution in [0.5, 0.6) is 0 Å². The molecule has 0 aliphatic rings. The quantitative estimate of drug-likeness (QED) is 0.141. The van der Waals surface area contributed by atoms with Gasteiger partial charge in [0.1, 0.15) is 6.61 Å². The van der Waals surface area contributed by atoms with Gasteiger partial charge in [0.2, 0.25) is 11.8 Å². The van der Waals surface area contributed by atoms with Gasteiger partial charge in [-0.05, 0) is 53.9 Å². The molecule has 1 atom stereocenters.